The van der Waals surface area contributed by atoms with E-state index in [2.05, 4.69) is 171 Å². The second-order valence-corrected chi connectivity index (χ2v) is 35.6. The van der Waals surface area contributed by atoms with Crippen LogP contribution in [0.2, 0.25) is 47.3 Å². The van der Waals surface area contributed by atoms with E-state index in [1.807, 2.05) is 14.2 Å². The van der Waals surface area contributed by atoms with Gasteiger partial charge in [0.2, 0.25) is 0 Å². The highest BCUT2D eigenvalue weighted by Gasteiger charge is 2.50. The van der Waals surface area contributed by atoms with Crippen molar-refractivity contribution in [3.05, 3.63) is 46.6 Å². The molecule has 2 rings (SSSR count). The van der Waals surface area contributed by atoms with Crippen LogP contribution in [-0.4, -0.2) is 90.2 Å². The van der Waals surface area contributed by atoms with Crippen LogP contribution in [0.15, 0.2) is 56.8 Å². The third kappa shape index (κ3) is 17.0. The number of hydrazone groups is 2. The number of ether oxygens (including phenoxy) is 2. The van der Waals surface area contributed by atoms with Crippen molar-refractivity contribution in [2.24, 2.45) is 33.9 Å². The van der Waals surface area contributed by atoms with Gasteiger partial charge in [0.15, 0.2) is 0 Å². The predicted octanol–water partition coefficient (Wildman–Crippen LogP) is 17.2. The van der Waals surface area contributed by atoms with E-state index in [4.69, 9.17) is 19.7 Å². The predicted molar refractivity (Wildman–Crippen MR) is 300 cm³/mol. The van der Waals surface area contributed by atoms with Crippen molar-refractivity contribution in [2.45, 2.75) is 247 Å². The molecule has 0 amide bonds. The van der Waals surface area contributed by atoms with Crippen molar-refractivity contribution >= 4 is 27.6 Å². The lowest BCUT2D eigenvalue weighted by Crippen LogP contribution is -2.50. The van der Waals surface area contributed by atoms with Gasteiger partial charge < -0.3 is 9.47 Å². The van der Waals surface area contributed by atoms with Gasteiger partial charge in [-0.15, -0.1) is 0 Å². The van der Waals surface area contributed by atoms with Gasteiger partial charge in [-0.25, -0.2) is 0 Å². The summed E-state index contributed by atoms with van der Waals surface area (Å²) >= 11 is 0. The van der Waals surface area contributed by atoms with Crippen LogP contribution in [0.1, 0.15) is 188 Å². The average Bonchev–Trinajstić information content (AvgIpc) is 3.86. The molecule has 0 spiro atoms. The molecule has 2 heterocycles. The summed E-state index contributed by atoms with van der Waals surface area (Å²) < 4.78 is 11.5. The van der Waals surface area contributed by atoms with E-state index in [-0.39, 0.29) is 10.1 Å². The molecule has 0 radical (unpaired) electrons. The molecule has 6 atom stereocenters. The van der Waals surface area contributed by atoms with E-state index in [1.54, 1.807) is 0 Å². The van der Waals surface area contributed by atoms with Gasteiger partial charge in [-0.2, -0.15) is 10.2 Å². The molecular weight excluding hydrogens is 841 g/mol. The molecule has 0 unspecified atom stereocenters. The van der Waals surface area contributed by atoms with Gasteiger partial charge in [-0.1, -0.05) is 142 Å². The Labute approximate surface area is 413 Å². The fraction of sp³-hybridized carbons (Fsp3) is 0.828. The van der Waals surface area contributed by atoms with Crippen LogP contribution < -0.4 is 0 Å². The minimum atomic E-state index is -1.95. The fourth-order valence-corrected chi connectivity index (χ4v) is 19.4. The Morgan fingerprint density at radius 3 is 1.18 bits per heavy atom. The summed E-state index contributed by atoms with van der Waals surface area (Å²) in [6.07, 6.45) is 23.6. The third-order valence-corrected chi connectivity index (χ3v) is 30.4. The maximum atomic E-state index is 5.79. The van der Waals surface area contributed by atoms with E-state index in [0.29, 0.717) is 46.8 Å². The van der Waals surface area contributed by atoms with Crippen LogP contribution in [0.5, 0.6) is 0 Å². The largest absolute Gasteiger partial charge is 0.382 e. The van der Waals surface area contributed by atoms with Crippen molar-refractivity contribution in [3.8, 4) is 0 Å². The van der Waals surface area contributed by atoms with Crippen molar-refractivity contribution < 1.29 is 9.47 Å². The van der Waals surface area contributed by atoms with E-state index in [1.165, 1.54) is 46.6 Å². The van der Waals surface area contributed by atoms with Gasteiger partial charge >= 0.3 is 0 Å². The summed E-state index contributed by atoms with van der Waals surface area (Å²) in [5.74, 6) is 2.04. The number of rotatable bonds is 29. The van der Waals surface area contributed by atoms with Crippen LogP contribution in [0, 0.1) is 23.7 Å². The minimum absolute atomic E-state index is 0.248. The Morgan fingerprint density at radius 1 is 0.561 bits per heavy atom. The van der Waals surface area contributed by atoms with E-state index in [9.17, 15) is 0 Å². The highest BCUT2D eigenvalue weighted by Crippen LogP contribution is 2.54. The molecule has 0 aromatic carbocycles. The molecule has 0 saturated carbocycles. The molecule has 0 N–H and O–H groups in total. The zero-order valence-corrected chi connectivity index (χ0v) is 49.8. The number of unbranched alkanes of at least 4 members (excludes halogenated alkanes) is 1. The first-order valence-corrected chi connectivity index (χ1v) is 33.1. The lowest BCUT2D eigenvalue weighted by Gasteiger charge is -2.49. The van der Waals surface area contributed by atoms with Crippen molar-refractivity contribution in [1.82, 2.24) is 10.0 Å². The topological polar surface area (TPSA) is 49.7 Å². The lowest BCUT2D eigenvalue weighted by molar-refractivity contribution is 0.117. The first-order valence-electron chi connectivity index (χ1n) is 26.9. The highest BCUT2D eigenvalue weighted by molar-refractivity contribution is 6.85. The number of allylic oxidation sites excluding steroid dienone is 8. The molecule has 2 fully saturated rings. The molecule has 0 aliphatic carbocycles. The van der Waals surface area contributed by atoms with Gasteiger partial charge in [0.1, 0.15) is 0 Å². The number of methoxy groups -OCH3 is 2. The van der Waals surface area contributed by atoms with Crippen LogP contribution in [0.25, 0.3) is 0 Å². The summed E-state index contributed by atoms with van der Waals surface area (Å²) in [6.45, 7) is 53.2. The highest BCUT2D eigenvalue weighted by atomic mass is 28.3. The fourth-order valence-electron chi connectivity index (χ4n) is 10.8. The van der Waals surface area contributed by atoms with Crippen LogP contribution in [0.3, 0.4) is 0 Å². The quantitative estimate of drug-likeness (QED) is 0.0324. The van der Waals surface area contributed by atoms with Crippen molar-refractivity contribution in [3.63, 3.8) is 0 Å². The summed E-state index contributed by atoms with van der Waals surface area (Å²) in [6, 6.07) is 0.741. The summed E-state index contributed by atoms with van der Waals surface area (Å²) in [7, 11) is -0.197. The van der Waals surface area contributed by atoms with Gasteiger partial charge in [-0.05, 0) is 163 Å². The monoisotopic (exact) mass is 951 g/mol. The Balaban J connectivity index is 2.62. The van der Waals surface area contributed by atoms with E-state index >= 15 is 0 Å². The maximum Gasteiger partial charge on any atom is 0.0704 e. The third-order valence-electron chi connectivity index (χ3n) is 18.1. The Morgan fingerprint density at radius 2 is 0.894 bits per heavy atom. The van der Waals surface area contributed by atoms with E-state index in [0.717, 1.165) is 90.5 Å². The van der Waals surface area contributed by atoms with Crippen molar-refractivity contribution in [1.29, 1.82) is 0 Å². The van der Waals surface area contributed by atoms with Crippen LogP contribution in [-0.2, 0) is 9.47 Å². The normalized spacial score (nSPS) is 20.7. The van der Waals surface area contributed by atoms with Gasteiger partial charge in [0.05, 0.1) is 41.4 Å². The molecule has 8 heteroatoms. The lowest BCUT2D eigenvalue weighted by atomic mass is 9.93. The maximum absolute atomic E-state index is 5.79. The molecular formula is C58H110N4O2Si2. The molecule has 2 aliphatic rings. The molecule has 2 aliphatic heterocycles. The van der Waals surface area contributed by atoms with Gasteiger partial charge in [-0.3, -0.25) is 10.0 Å². The molecule has 66 heavy (non-hydrogen) atoms. The summed E-state index contributed by atoms with van der Waals surface area (Å²) in [5, 5.41) is 16.9. The molecule has 0 aromatic heterocycles. The van der Waals surface area contributed by atoms with E-state index < -0.39 is 16.1 Å². The Hall–Kier alpha value is -1.75. The molecule has 0 aromatic rings. The zero-order chi connectivity index (χ0) is 50.2. The minimum Gasteiger partial charge on any atom is -0.382 e. The second-order valence-electron chi connectivity index (χ2n) is 24.8. The average molecular weight is 952 g/mol. The number of hydrogen-bond acceptors (Lipinski definition) is 6. The first-order chi connectivity index (χ1) is 30.7. The zero-order valence-electron chi connectivity index (χ0n) is 47.8. The molecule has 0 bridgehead atoms. The standard InChI is InChI=1S/C58H110N4O2Si2/c1-43(2)29-25-33-49(11)55(59-61-37-27-35-51(61)41-63-17)53(65(19,20)57(13,14)45(5)6)39-47(9)31-23-24-32-48(10)40-54(66(21,22)58(15,16)46(7)8)56(50(12)34-26-30-44(3)4)60-62-38-28-36-52(62)42-64-18/h29-32,45-46,49-54H,23-28,33-42H2,1-22H3/b47-31+,48-32+,59-55-,60-56-/t49-,50-,51-,52-,53-,54-/m0/s1. The van der Waals surface area contributed by atoms with Gasteiger partial charge in [0.25, 0.3) is 0 Å². The van der Waals surface area contributed by atoms with Crippen molar-refractivity contribution in [2.75, 3.05) is 40.5 Å². The van der Waals surface area contributed by atoms with Crippen LogP contribution in [0.4, 0.5) is 0 Å². The smallest absolute Gasteiger partial charge is 0.0704 e. The second kappa shape index (κ2) is 27.6. The molecule has 2 saturated heterocycles. The van der Waals surface area contributed by atoms with Gasteiger partial charge in [0, 0.05) is 38.7 Å². The molecule has 6 nitrogen and oxygen atoms in total. The van der Waals surface area contributed by atoms with Crippen LogP contribution >= 0.6 is 0 Å². The Bertz CT molecular complexity index is 1520. The summed E-state index contributed by atoms with van der Waals surface area (Å²) in [4.78, 5) is 0. The number of hydrogen-bond donors (Lipinski definition) is 0. The SMILES string of the molecule is COC[C@@H]1CCCN1/N=C(/[C@@H](C)CCC=C(C)C)[C@H](C/C(C)=C/CC/C=C(\C)C[C@@H](/C(=N\N1CCC[C@H]1COC)[C@@H](C)CCC=C(C)C)[Si](C)(C)C(C)(C)C(C)C)[Si](C)(C)C(C)(C)C(C)C. The molecule has 382 valence electrons. The first kappa shape index (κ1) is 60.4. The summed E-state index contributed by atoms with van der Waals surface area (Å²) in [5.41, 5.74) is 9.73. The number of nitrogens with zero attached hydrogens (tertiary/aromatic N) is 4. The Kier molecular flexibility index (Phi) is 25.2.